The second-order valence-electron chi connectivity index (χ2n) is 7.18. The van der Waals surface area contributed by atoms with Crippen LogP contribution in [0.5, 0.6) is 5.75 Å². The normalized spacial score (nSPS) is 12.7. The molecule has 3 N–H and O–H groups in total. The Hall–Kier alpha value is -2.96. The number of ether oxygens (including phenoxy) is 1. The highest BCUT2D eigenvalue weighted by Crippen LogP contribution is 2.40. The van der Waals surface area contributed by atoms with Crippen molar-refractivity contribution in [1.82, 2.24) is 4.47 Å². The zero-order valence-electron chi connectivity index (χ0n) is 18.7. The Morgan fingerprint density at radius 2 is 1.71 bits per heavy atom. The summed E-state index contributed by atoms with van der Waals surface area (Å²) in [5.74, 6) is -0.724. The number of hydrogen-bond donors (Lipinski definition) is 3. The Bertz CT molecular complexity index is 1330. The molecule has 0 aliphatic heterocycles. The zero-order valence-corrected chi connectivity index (χ0v) is 20.2. The fourth-order valence-electron chi connectivity index (χ4n) is 3.42. The molecular weight excluding hydrogens is 486 g/mol. The molecule has 0 saturated heterocycles. The van der Waals surface area contributed by atoms with Crippen molar-refractivity contribution < 1.29 is 23.1 Å². The minimum Gasteiger partial charge on any atom is -0.504 e. The summed E-state index contributed by atoms with van der Waals surface area (Å²) in [6.07, 6.45) is 0. The second kappa shape index (κ2) is 10.5. The van der Waals surface area contributed by atoms with Gasteiger partial charge in [0, 0.05) is 13.7 Å². The number of sulfonamides is 1. The van der Waals surface area contributed by atoms with Gasteiger partial charge in [0.25, 0.3) is 20.9 Å². The van der Waals surface area contributed by atoms with Gasteiger partial charge in [0.15, 0.2) is 5.75 Å². The SMILES string of the molecule is CCN(OC)S(=O)(=O)c1c(Cl)ccc(Nc2c(NC(COC)c3ccccc3)c(=O)c2=O)c1O. The lowest BCUT2D eigenvalue weighted by Crippen LogP contribution is -2.38. The van der Waals surface area contributed by atoms with Crippen LogP contribution in [0.4, 0.5) is 17.1 Å². The molecule has 0 aliphatic carbocycles. The highest BCUT2D eigenvalue weighted by atomic mass is 35.5. The highest BCUT2D eigenvalue weighted by molar-refractivity contribution is 7.89. The quantitative estimate of drug-likeness (QED) is 0.202. The van der Waals surface area contributed by atoms with Crippen molar-refractivity contribution in [1.29, 1.82) is 0 Å². The predicted molar refractivity (Wildman–Crippen MR) is 129 cm³/mol. The third-order valence-electron chi connectivity index (χ3n) is 5.10. The van der Waals surface area contributed by atoms with Crippen LogP contribution in [0.15, 0.2) is 56.9 Å². The lowest BCUT2D eigenvalue weighted by atomic mass is 10.1. The Morgan fingerprint density at radius 3 is 2.29 bits per heavy atom. The smallest absolute Gasteiger partial charge is 0.270 e. The predicted octanol–water partition coefficient (Wildman–Crippen LogP) is 2.76. The molecule has 1 atom stereocenters. The molecule has 0 bridgehead atoms. The van der Waals surface area contributed by atoms with Crippen molar-refractivity contribution in [3.63, 3.8) is 0 Å². The number of hydrogen-bond acceptors (Lipinski definition) is 9. The second-order valence-corrected chi connectivity index (χ2v) is 9.35. The van der Waals surface area contributed by atoms with Crippen molar-refractivity contribution >= 4 is 38.7 Å². The van der Waals surface area contributed by atoms with E-state index in [2.05, 4.69) is 10.6 Å². The number of anilines is 3. The van der Waals surface area contributed by atoms with Crippen molar-refractivity contribution in [2.24, 2.45) is 0 Å². The van der Waals surface area contributed by atoms with Crippen LogP contribution < -0.4 is 21.5 Å². The topological polar surface area (TPSA) is 134 Å². The van der Waals surface area contributed by atoms with Crippen molar-refractivity contribution in [3.8, 4) is 5.75 Å². The molecule has 3 aromatic rings. The minimum atomic E-state index is -4.32. The first-order valence-electron chi connectivity index (χ1n) is 10.2. The van der Waals surface area contributed by atoms with Gasteiger partial charge in [-0.15, -0.1) is 0 Å². The summed E-state index contributed by atoms with van der Waals surface area (Å²) in [5.41, 5.74) is -1.02. The van der Waals surface area contributed by atoms with Gasteiger partial charge in [0.1, 0.15) is 16.3 Å². The van der Waals surface area contributed by atoms with Gasteiger partial charge in [-0.25, -0.2) is 8.42 Å². The summed E-state index contributed by atoms with van der Waals surface area (Å²) in [5, 5.41) is 16.1. The first-order chi connectivity index (χ1) is 16.2. The average Bonchev–Trinajstić information content (AvgIpc) is 2.82. The molecule has 0 aliphatic rings. The van der Waals surface area contributed by atoms with E-state index in [9.17, 15) is 23.1 Å². The van der Waals surface area contributed by atoms with Gasteiger partial charge in [0.2, 0.25) is 0 Å². The van der Waals surface area contributed by atoms with Crippen LogP contribution in [0, 0.1) is 0 Å². The van der Waals surface area contributed by atoms with Crippen molar-refractivity contribution in [2.45, 2.75) is 17.9 Å². The van der Waals surface area contributed by atoms with Gasteiger partial charge in [0.05, 0.1) is 30.5 Å². The zero-order chi connectivity index (χ0) is 25.0. The van der Waals surface area contributed by atoms with Crippen molar-refractivity contribution in [2.75, 3.05) is 38.0 Å². The summed E-state index contributed by atoms with van der Waals surface area (Å²) < 4.78 is 31.6. The van der Waals surface area contributed by atoms with E-state index in [0.717, 1.165) is 5.56 Å². The first-order valence-corrected chi connectivity index (χ1v) is 12.0. The maximum atomic E-state index is 12.9. The Morgan fingerprint density at radius 1 is 1.06 bits per heavy atom. The Labute approximate surface area is 201 Å². The third-order valence-corrected chi connectivity index (χ3v) is 7.39. The van der Waals surface area contributed by atoms with E-state index >= 15 is 0 Å². The number of aromatic hydroxyl groups is 1. The molecule has 0 heterocycles. The van der Waals surface area contributed by atoms with Crippen LogP contribution in [-0.2, 0) is 19.6 Å². The molecule has 0 spiro atoms. The number of phenolic OH excluding ortho intramolecular Hbond substituents is 1. The molecule has 3 rings (SSSR count). The van der Waals surface area contributed by atoms with Crippen LogP contribution in [0.25, 0.3) is 0 Å². The van der Waals surface area contributed by atoms with E-state index in [1.165, 1.54) is 26.4 Å². The minimum absolute atomic E-state index is 0.0123. The Kier molecular flexibility index (Phi) is 7.95. The van der Waals surface area contributed by atoms with Gasteiger partial charge in [-0.1, -0.05) is 46.4 Å². The molecule has 182 valence electrons. The van der Waals surface area contributed by atoms with Crippen molar-refractivity contribution in [3.05, 3.63) is 73.5 Å². The molecule has 1 unspecified atom stereocenters. The van der Waals surface area contributed by atoms with Crippen LogP contribution in [0.2, 0.25) is 5.02 Å². The van der Waals surface area contributed by atoms with E-state index in [1.807, 2.05) is 30.3 Å². The maximum Gasteiger partial charge on any atom is 0.270 e. The maximum absolute atomic E-state index is 12.9. The molecule has 12 heteroatoms. The first kappa shape index (κ1) is 25.7. The number of benzene rings is 2. The van der Waals surface area contributed by atoms with E-state index in [-0.39, 0.29) is 35.2 Å². The number of methoxy groups -OCH3 is 1. The van der Waals surface area contributed by atoms with Crippen LogP contribution in [0.1, 0.15) is 18.5 Å². The standard InChI is InChI=1S/C22H24ClN3O7S/c1-4-26(33-3)34(30,31)22-14(23)10-11-15(19(22)27)24-17-18(21(29)20(17)28)25-16(12-32-2)13-8-6-5-7-9-13/h5-11,16,24-25,27H,4,12H2,1-3H3. The van der Waals surface area contributed by atoms with Crippen LogP contribution in [-0.4, -0.2) is 45.4 Å². The molecule has 0 amide bonds. The lowest BCUT2D eigenvalue weighted by Gasteiger charge is -2.23. The summed E-state index contributed by atoms with van der Waals surface area (Å²) in [4.78, 5) is 28.9. The highest BCUT2D eigenvalue weighted by Gasteiger charge is 2.32. The molecule has 0 fully saturated rings. The number of rotatable bonds is 11. The average molecular weight is 510 g/mol. The molecule has 3 aromatic carbocycles. The molecule has 0 radical (unpaired) electrons. The fraction of sp³-hybridized carbons (Fsp3) is 0.273. The lowest BCUT2D eigenvalue weighted by molar-refractivity contribution is -0.0443. The van der Waals surface area contributed by atoms with Gasteiger partial charge >= 0.3 is 0 Å². The van der Waals surface area contributed by atoms with E-state index < -0.39 is 37.6 Å². The summed E-state index contributed by atoms with van der Waals surface area (Å²) >= 11 is 6.07. The van der Waals surface area contributed by atoms with Crippen LogP contribution in [0.3, 0.4) is 0 Å². The number of nitrogens with one attached hydrogen (secondary N) is 2. The number of halogens is 1. The molecular formula is C22H24ClN3O7S. The van der Waals surface area contributed by atoms with Gasteiger partial charge in [-0.3, -0.25) is 14.4 Å². The largest absolute Gasteiger partial charge is 0.504 e. The summed E-state index contributed by atoms with van der Waals surface area (Å²) in [6.45, 7) is 1.71. The number of phenols is 1. The molecule has 34 heavy (non-hydrogen) atoms. The van der Waals surface area contributed by atoms with Gasteiger partial charge < -0.3 is 20.5 Å². The van der Waals surface area contributed by atoms with E-state index in [0.29, 0.717) is 4.47 Å². The monoisotopic (exact) mass is 509 g/mol. The van der Waals surface area contributed by atoms with Gasteiger partial charge in [-0.2, -0.15) is 0 Å². The summed E-state index contributed by atoms with van der Waals surface area (Å²) in [7, 11) is -1.65. The number of nitrogens with zero attached hydrogens (tertiary/aromatic N) is 1. The van der Waals surface area contributed by atoms with Crippen LogP contribution >= 0.6 is 11.6 Å². The fourth-order valence-corrected chi connectivity index (χ4v) is 5.28. The summed E-state index contributed by atoms with van der Waals surface area (Å²) in [6, 6.07) is 11.3. The number of hydroxylamine groups is 1. The molecule has 0 saturated carbocycles. The molecule has 0 aromatic heterocycles. The van der Waals surface area contributed by atoms with E-state index in [1.54, 1.807) is 6.92 Å². The van der Waals surface area contributed by atoms with Gasteiger partial charge in [-0.05, 0) is 24.6 Å². The van der Waals surface area contributed by atoms with E-state index in [4.69, 9.17) is 21.2 Å². The molecule has 10 nitrogen and oxygen atoms in total. The third kappa shape index (κ3) is 4.79. The Balaban J connectivity index is 1.99.